The molecule has 12 heteroatoms. The van der Waals surface area contributed by atoms with Gasteiger partial charge in [0.1, 0.15) is 11.6 Å². The second-order valence-electron chi connectivity index (χ2n) is 15.4. The predicted molar refractivity (Wildman–Crippen MR) is 207 cm³/mol. The summed E-state index contributed by atoms with van der Waals surface area (Å²) in [6, 6.07) is 17.9. The molecule has 3 aromatic carbocycles. The fourth-order valence-corrected chi connectivity index (χ4v) is 6.74. The summed E-state index contributed by atoms with van der Waals surface area (Å²) in [7, 11) is 1.67. The standard InChI is InChI=1S/C41H52N6O6/c1-24(2)43-37(49)30-16-18-32(25(3)20-30)28-12-8-26(9-13-28)21-34(38(50)44-31-17-19-35-33(22-31)46-39(51)47(35)7)45-36(48)29-14-10-27(11-15-29)23-42-40(52)53-41(4,5)6/h8-9,12-13,16-20,22,24,27,29,34H,10-11,14-15,21,23H2,1-7H3,(H,42,52)(H,43,49)(H,44,50)(H,45,48)(H,46,51)/t27?,29?,34-/m0/s1. The van der Waals surface area contributed by atoms with Crippen LogP contribution in [0.1, 0.15) is 81.8 Å². The second-order valence-corrected chi connectivity index (χ2v) is 15.4. The molecule has 1 heterocycles. The van der Waals surface area contributed by atoms with Gasteiger partial charge in [0.2, 0.25) is 11.8 Å². The number of aromatic amines is 1. The number of aromatic nitrogens is 2. The van der Waals surface area contributed by atoms with Crippen molar-refractivity contribution in [3.8, 4) is 11.1 Å². The van der Waals surface area contributed by atoms with E-state index in [0.717, 1.165) is 35.1 Å². The van der Waals surface area contributed by atoms with Crippen molar-refractivity contribution in [2.45, 2.75) is 91.3 Å². The Bertz CT molecular complexity index is 2020. The van der Waals surface area contributed by atoms with E-state index in [-0.39, 0.29) is 47.7 Å². The number of rotatable bonds is 11. The lowest BCUT2D eigenvalue weighted by atomic mass is 9.81. The number of amides is 4. The number of carbonyl (C=O) groups excluding carboxylic acids is 4. The quantitative estimate of drug-likeness (QED) is 0.128. The van der Waals surface area contributed by atoms with Gasteiger partial charge in [-0.25, -0.2) is 9.59 Å². The van der Waals surface area contributed by atoms with E-state index in [1.165, 1.54) is 4.57 Å². The molecule has 0 aliphatic heterocycles. The number of nitrogens with zero attached hydrogens (tertiary/aromatic N) is 1. The summed E-state index contributed by atoms with van der Waals surface area (Å²) < 4.78 is 6.84. The van der Waals surface area contributed by atoms with E-state index in [2.05, 4.69) is 26.3 Å². The summed E-state index contributed by atoms with van der Waals surface area (Å²) in [5.74, 6) is -0.691. The zero-order valence-corrected chi connectivity index (χ0v) is 31.7. The number of anilines is 1. The summed E-state index contributed by atoms with van der Waals surface area (Å²) in [6.45, 7) is 11.8. The Morgan fingerprint density at radius 1 is 0.925 bits per heavy atom. The number of carbonyl (C=O) groups is 4. The van der Waals surface area contributed by atoms with Crippen LogP contribution in [0.2, 0.25) is 0 Å². The molecule has 0 unspecified atom stereocenters. The van der Waals surface area contributed by atoms with E-state index in [4.69, 9.17) is 4.74 Å². The SMILES string of the molecule is Cc1cc(C(=O)NC(C)C)ccc1-c1ccc(C[C@H](NC(=O)C2CCC(CNC(=O)OC(C)(C)C)CC2)C(=O)Nc2ccc3c(c2)[nH]c(=O)n3C)cc1. The highest BCUT2D eigenvalue weighted by molar-refractivity contribution is 5.99. The first kappa shape index (κ1) is 38.8. The van der Waals surface area contributed by atoms with Crippen LogP contribution in [0.25, 0.3) is 22.2 Å². The van der Waals surface area contributed by atoms with Crippen molar-refractivity contribution < 1.29 is 23.9 Å². The normalized spacial score (nSPS) is 16.5. The number of H-pyrrole nitrogens is 1. The van der Waals surface area contributed by atoms with E-state index in [9.17, 15) is 24.0 Å². The van der Waals surface area contributed by atoms with Crippen molar-refractivity contribution in [1.29, 1.82) is 0 Å². The third-order valence-corrected chi connectivity index (χ3v) is 9.57. The van der Waals surface area contributed by atoms with Gasteiger partial charge in [0.05, 0.1) is 11.0 Å². The number of aryl methyl sites for hydroxylation is 2. The molecule has 0 bridgehead atoms. The van der Waals surface area contributed by atoms with E-state index >= 15 is 0 Å². The molecule has 1 aliphatic carbocycles. The summed E-state index contributed by atoms with van der Waals surface area (Å²) >= 11 is 0. The first-order chi connectivity index (χ1) is 25.1. The minimum absolute atomic E-state index is 0.0404. The number of fused-ring (bicyclic) bond motifs is 1. The lowest BCUT2D eigenvalue weighted by Gasteiger charge is -2.29. The minimum atomic E-state index is -0.870. The van der Waals surface area contributed by atoms with Gasteiger partial charge in [0.25, 0.3) is 5.91 Å². The molecule has 1 aromatic heterocycles. The molecule has 0 spiro atoms. The molecule has 53 heavy (non-hydrogen) atoms. The van der Waals surface area contributed by atoms with Crippen molar-refractivity contribution in [2.75, 3.05) is 11.9 Å². The number of ether oxygens (including phenoxy) is 1. The van der Waals surface area contributed by atoms with Crippen LogP contribution >= 0.6 is 0 Å². The average Bonchev–Trinajstić information content (AvgIpc) is 3.38. The molecular weight excluding hydrogens is 672 g/mol. The highest BCUT2D eigenvalue weighted by atomic mass is 16.6. The lowest BCUT2D eigenvalue weighted by Crippen LogP contribution is -2.48. The molecule has 1 aliphatic rings. The fourth-order valence-electron chi connectivity index (χ4n) is 6.74. The van der Waals surface area contributed by atoms with Gasteiger partial charge in [-0.15, -0.1) is 0 Å². The molecule has 1 saturated carbocycles. The second kappa shape index (κ2) is 16.5. The van der Waals surface area contributed by atoms with Crippen LogP contribution in [0.3, 0.4) is 0 Å². The van der Waals surface area contributed by atoms with Gasteiger partial charge in [-0.2, -0.15) is 0 Å². The van der Waals surface area contributed by atoms with Crippen molar-refractivity contribution in [1.82, 2.24) is 25.5 Å². The van der Waals surface area contributed by atoms with E-state index in [0.29, 0.717) is 41.7 Å². The molecule has 282 valence electrons. The Morgan fingerprint density at radius 2 is 1.62 bits per heavy atom. The van der Waals surface area contributed by atoms with Crippen molar-refractivity contribution in [3.05, 3.63) is 87.8 Å². The molecule has 4 aromatic rings. The Balaban J connectivity index is 1.28. The van der Waals surface area contributed by atoms with Gasteiger partial charge in [-0.1, -0.05) is 30.3 Å². The maximum absolute atomic E-state index is 13.8. The fraction of sp³-hybridized carbons (Fsp3) is 0.439. The Hall–Kier alpha value is -5.39. The van der Waals surface area contributed by atoms with Gasteiger partial charge >= 0.3 is 11.8 Å². The number of nitrogens with one attached hydrogen (secondary N) is 5. The predicted octanol–water partition coefficient (Wildman–Crippen LogP) is 5.98. The Kier molecular flexibility index (Phi) is 12.1. The maximum atomic E-state index is 13.8. The average molecular weight is 725 g/mol. The zero-order valence-electron chi connectivity index (χ0n) is 31.7. The van der Waals surface area contributed by atoms with Crippen molar-refractivity contribution in [2.24, 2.45) is 18.9 Å². The van der Waals surface area contributed by atoms with Crippen LogP contribution in [-0.4, -0.2) is 57.6 Å². The lowest BCUT2D eigenvalue weighted by molar-refractivity contribution is -0.130. The number of alkyl carbamates (subject to hydrolysis) is 1. The molecule has 12 nitrogen and oxygen atoms in total. The monoisotopic (exact) mass is 724 g/mol. The van der Waals surface area contributed by atoms with Crippen molar-refractivity contribution >= 4 is 40.5 Å². The van der Waals surface area contributed by atoms with Crippen molar-refractivity contribution in [3.63, 3.8) is 0 Å². The highest BCUT2D eigenvalue weighted by Crippen LogP contribution is 2.29. The Morgan fingerprint density at radius 3 is 2.26 bits per heavy atom. The molecule has 5 N–H and O–H groups in total. The molecule has 1 atom stereocenters. The molecule has 0 radical (unpaired) electrons. The smallest absolute Gasteiger partial charge is 0.407 e. The molecule has 0 saturated heterocycles. The zero-order chi connectivity index (χ0) is 38.4. The molecule has 4 amide bonds. The topological polar surface area (TPSA) is 163 Å². The highest BCUT2D eigenvalue weighted by Gasteiger charge is 2.30. The van der Waals surface area contributed by atoms with Gasteiger partial charge in [0.15, 0.2) is 0 Å². The van der Waals surface area contributed by atoms with Crippen LogP contribution < -0.4 is 27.0 Å². The van der Waals surface area contributed by atoms with Crippen LogP contribution in [0.4, 0.5) is 10.5 Å². The summed E-state index contributed by atoms with van der Waals surface area (Å²) in [5.41, 5.74) is 5.35. The summed E-state index contributed by atoms with van der Waals surface area (Å²) in [4.78, 5) is 67.1. The minimum Gasteiger partial charge on any atom is -0.444 e. The van der Waals surface area contributed by atoms with Crippen LogP contribution in [0.5, 0.6) is 0 Å². The van der Waals surface area contributed by atoms with Crippen LogP contribution in [0.15, 0.2) is 65.5 Å². The molecule has 1 fully saturated rings. The van der Waals surface area contributed by atoms with E-state index < -0.39 is 17.7 Å². The number of benzene rings is 3. The first-order valence-corrected chi connectivity index (χ1v) is 18.3. The number of hydrogen-bond acceptors (Lipinski definition) is 6. The van der Waals surface area contributed by atoms with E-state index in [1.54, 1.807) is 25.2 Å². The first-order valence-electron chi connectivity index (χ1n) is 18.3. The summed E-state index contributed by atoms with van der Waals surface area (Å²) in [6.07, 6.45) is 2.63. The Labute approximate surface area is 310 Å². The van der Waals surface area contributed by atoms with Gasteiger partial charge in [-0.05, 0) is 126 Å². The number of hydrogen-bond donors (Lipinski definition) is 5. The maximum Gasteiger partial charge on any atom is 0.407 e. The third kappa shape index (κ3) is 10.4. The van der Waals surface area contributed by atoms with Gasteiger partial charge in [-0.3, -0.25) is 19.0 Å². The van der Waals surface area contributed by atoms with Crippen LogP contribution in [-0.2, 0) is 27.8 Å². The molecule has 5 rings (SSSR count). The van der Waals surface area contributed by atoms with Crippen LogP contribution in [0, 0.1) is 18.8 Å². The summed E-state index contributed by atoms with van der Waals surface area (Å²) in [5, 5.41) is 11.8. The van der Waals surface area contributed by atoms with E-state index in [1.807, 2.05) is 84.0 Å². The third-order valence-electron chi connectivity index (χ3n) is 9.57. The number of imidazole rings is 1. The van der Waals surface area contributed by atoms with Gasteiger partial charge < -0.3 is 31.0 Å². The van der Waals surface area contributed by atoms with Gasteiger partial charge in [0, 0.05) is 43.2 Å². The largest absolute Gasteiger partial charge is 0.444 e. The molecular formula is C41H52N6O6.